The van der Waals surface area contributed by atoms with Crippen molar-refractivity contribution in [2.45, 2.75) is 31.2 Å². The first kappa shape index (κ1) is 8.82. The van der Waals surface area contributed by atoms with E-state index in [0.717, 1.165) is 5.69 Å². The van der Waals surface area contributed by atoms with Crippen LogP contribution in [0.15, 0.2) is 18.6 Å². The molecule has 1 aromatic rings. The molecule has 1 saturated carbocycles. The van der Waals surface area contributed by atoms with Crippen LogP contribution in [0.1, 0.15) is 31.5 Å². The Balaban J connectivity index is 2.14. The van der Waals surface area contributed by atoms with Gasteiger partial charge in [-0.1, -0.05) is 6.08 Å². The predicted molar refractivity (Wildman–Crippen MR) is 54.8 cm³/mol. The SMILES string of the molecule is CC(Cl)/C=C/c1cncn1C1CC1. The normalized spacial score (nSPS) is 19.5. The number of aromatic nitrogens is 2. The summed E-state index contributed by atoms with van der Waals surface area (Å²) in [6.45, 7) is 1.95. The number of rotatable bonds is 3. The van der Waals surface area contributed by atoms with Crippen LogP contribution in [0.4, 0.5) is 0 Å². The lowest BCUT2D eigenvalue weighted by Gasteiger charge is -2.01. The van der Waals surface area contributed by atoms with Gasteiger partial charge in [-0.2, -0.15) is 0 Å². The molecule has 0 saturated heterocycles. The third kappa shape index (κ3) is 2.13. The molecule has 13 heavy (non-hydrogen) atoms. The predicted octanol–water partition coefficient (Wildman–Crippen LogP) is 2.86. The van der Waals surface area contributed by atoms with Crippen LogP contribution in [-0.2, 0) is 0 Å². The fourth-order valence-electron chi connectivity index (χ4n) is 1.33. The van der Waals surface area contributed by atoms with Gasteiger partial charge in [0.2, 0.25) is 0 Å². The molecule has 1 aliphatic carbocycles. The zero-order chi connectivity index (χ0) is 9.26. The molecule has 70 valence electrons. The molecule has 1 unspecified atom stereocenters. The third-order valence-corrected chi connectivity index (χ3v) is 2.31. The van der Waals surface area contributed by atoms with Gasteiger partial charge in [0.25, 0.3) is 0 Å². The molecule has 1 aromatic heterocycles. The molecule has 0 radical (unpaired) electrons. The fourth-order valence-corrected chi connectivity index (χ4v) is 1.41. The summed E-state index contributed by atoms with van der Waals surface area (Å²) in [4.78, 5) is 4.13. The lowest BCUT2D eigenvalue weighted by atomic mass is 10.3. The second-order valence-electron chi connectivity index (χ2n) is 3.49. The standard InChI is InChI=1S/C10H13ClN2/c1-8(11)2-3-10-6-12-7-13(10)9-4-5-9/h2-3,6-9H,4-5H2,1H3/b3-2+. The van der Waals surface area contributed by atoms with Crippen molar-refractivity contribution in [3.8, 4) is 0 Å². The minimum Gasteiger partial charge on any atom is -0.328 e. The monoisotopic (exact) mass is 196 g/mol. The van der Waals surface area contributed by atoms with Crippen LogP contribution in [-0.4, -0.2) is 14.9 Å². The first-order valence-corrected chi connectivity index (χ1v) is 5.05. The number of allylic oxidation sites excluding steroid dienone is 1. The van der Waals surface area contributed by atoms with Crippen molar-refractivity contribution in [1.29, 1.82) is 0 Å². The molecule has 0 spiro atoms. The molecule has 1 fully saturated rings. The summed E-state index contributed by atoms with van der Waals surface area (Å²) < 4.78 is 2.22. The van der Waals surface area contributed by atoms with E-state index >= 15 is 0 Å². The van der Waals surface area contributed by atoms with Gasteiger partial charge in [0.15, 0.2) is 0 Å². The highest BCUT2D eigenvalue weighted by molar-refractivity contribution is 6.21. The van der Waals surface area contributed by atoms with Crippen molar-refractivity contribution in [3.63, 3.8) is 0 Å². The largest absolute Gasteiger partial charge is 0.328 e. The molecule has 2 nitrogen and oxygen atoms in total. The van der Waals surface area contributed by atoms with E-state index in [9.17, 15) is 0 Å². The van der Waals surface area contributed by atoms with E-state index in [1.54, 1.807) is 0 Å². The van der Waals surface area contributed by atoms with E-state index in [4.69, 9.17) is 11.6 Å². The van der Waals surface area contributed by atoms with E-state index < -0.39 is 0 Å². The Morgan fingerprint density at radius 3 is 3.08 bits per heavy atom. The van der Waals surface area contributed by atoms with Crippen LogP contribution in [0.2, 0.25) is 0 Å². The molecular weight excluding hydrogens is 184 g/mol. The quantitative estimate of drug-likeness (QED) is 0.680. The van der Waals surface area contributed by atoms with Crippen LogP contribution in [0, 0.1) is 0 Å². The van der Waals surface area contributed by atoms with Crippen LogP contribution in [0.25, 0.3) is 6.08 Å². The molecule has 1 heterocycles. The van der Waals surface area contributed by atoms with E-state index in [0.29, 0.717) is 6.04 Å². The Labute approximate surface area is 83.2 Å². The van der Waals surface area contributed by atoms with Gasteiger partial charge in [-0.25, -0.2) is 4.98 Å². The highest BCUT2D eigenvalue weighted by Crippen LogP contribution is 2.35. The maximum Gasteiger partial charge on any atom is 0.0953 e. The summed E-state index contributed by atoms with van der Waals surface area (Å²) in [5, 5.41) is 0.0857. The van der Waals surface area contributed by atoms with Gasteiger partial charge in [0, 0.05) is 11.4 Å². The molecular formula is C10H13ClN2. The number of halogens is 1. The number of hydrogen-bond acceptors (Lipinski definition) is 1. The van der Waals surface area contributed by atoms with Gasteiger partial charge in [0.1, 0.15) is 0 Å². The highest BCUT2D eigenvalue weighted by atomic mass is 35.5. The van der Waals surface area contributed by atoms with Crippen LogP contribution in [0.3, 0.4) is 0 Å². The fraction of sp³-hybridized carbons (Fsp3) is 0.500. The molecule has 1 aliphatic rings. The van der Waals surface area contributed by atoms with E-state index in [1.807, 2.05) is 31.6 Å². The minimum atomic E-state index is 0.0857. The number of nitrogens with zero attached hydrogens (tertiary/aromatic N) is 2. The Kier molecular flexibility index (Phi) is 2.40. The van der Waals surface area contributed by atoms with E-state index in [-0.39, 0.29) is 5.38 Å². The molecule has 1 atom stereocenters. The van der Waals surface area contributed by atoms with Gasteiger partial charge < -0.3 is 4.57 Å². The van der Waals surface area contributed by atoms with Crippen molar-refractivity contribution in [2.75, 3.05) is 0 Å². The Bertz CT molecular complexity index is 310. The molecule has 0 bridgehead atoms. The topological polar surface area (TPSA) is 17.8 Å². The smallest absolute Gasteiger partial charge is 0.0953 e. The summed E-state index contributed by atoms with van der Waals surface area (Å²) in [6, 6.07) is 0.688. The summed E-state index contributed by atoms with van der Waals surface area (Å²) in [5.41, 5.74) is 1.16. The second kappa shape index (κ2) is 3.54. The molecule has 0 aliphatic heterocycles. The van der Waals surface area contributed by atoms with Crippen molar-refractivity contribution < 1.29 is 0 Å². The maximum absolute atomic E-state index is 5.83. The molecule has 3 heteroatoms. The Morgan fingerprint density at radius 2 is 2.46 bits per heavy atom. The summed E-state index contributed by atoms with van der Waals surface area (Å²) in [6.07, 6.45) is 10.4. The lowest BCUT2D eigenvalue weighted by Crippen LogP contribution is -1.94. The second-order valence-corrected chi connectivity index (χ2v) is 4.18. The van der Waals surface area contributed by atoms with Gasteiger partial charge in [-0.3, -0.25) is 0 Å². The minimum absolute atomic E-state index is 0.0857. The molecule has 2 rings (SSSR count). The van der Waals surface area contributed by atoms with E-state index in [2.05, 4.69) is 9.55 Å². The zero-order valence-electron chi connectivity index (χ0n) is 7.65. The number of hydrogen-bond donors (Lipinski definition) is 0. The van der Waals surface area contributed by atoms with Crippen LogP contribution in [0.5, 0.6) is 0 Å². The Hall–Kier alpha value is -0.760. The maximum atomic E-state index is 5.83. The molecule has 0 amide bonds. The van der Waals surface area contributed by atoms with Gasteiger partial charge in [-0.15, -0.1) is 11.6 Å². The van der Waals surface area contributed by atoms with Gasteiger partial charge in [-0.05, 0) is 25.8 Å². The summed E-state index contributed by atoms with van der Waals surface area (Å²) >= 11 is 5.83. The third-order valence-electron chi connectivity index (χ3n) is 2.17. The number of alkyl halides is 1. The van der Waals surface area contributed by atoms with Crippen molar-refractivity contribution in [3.05, 3.63) is 24.3 Å². The van der Waals surface area contributed by atoms with Gasteiger partial charge >= 0.3 is 0 Å². The number of imidazole rings is 1. The van der Waals surface area contributed by atoms with Gasteiger partial charge in [0.05, 0.1) is 18.2 Å². The molecule has 0 N–H and O–H groups in total. The zero-order valence-corrected chi connectivity index (χ0v) is 8.41. The summed E-state index contributed by atoms with van der Waals surface area (Å²) in [7, 11) is 0. The highest BCUT2D eigenvalue weighted by Gasteiger charge is 2.24. The Morgan fingerprint density at radius 1 is 1.69 bits per heavy atom. The first-order chi connectivity index (χ1) is 6.27. The van der Waals surface area contributed by atoms with E-state index in [1.165, 1.54) is 12.8 Å². The van der Waals surface area contributed by atoms with Crippen molar-refractivity contribution in [1.82, 2.24) is 9.55 Å². The average Bonchev–Trinajstić information content (AvgIpc) is 2.82. The lowest BCUT2D eigenvalue weighted by molar-refractivity contribution is 0.733. The van der Waals surface area contributed by atoms with Crippen LogP contribution < -0.4 is 0 Å². The molecule has 0 aromatic carbocycles. The average molecular weight is 197 g/mol. The van der Waals surface area contributed by atoms with Crippen LogP contribution >= 0.6 is 11.6 Å². The first-order valence-electron chi connectivity index (χ1n) is 4.61. The summed E-state index contributed by atoms with van der Waals surface area (Å²) in [5.74, 6) is 0. The van der Waals surface area contributed by atoms with Crippen molar-refractivity contribution >= 4 is 17.7 Å². The van der Waals surface area contributed by atoms with Crippen molar-refractivity contribution in [2.24, 2.45) is 0 Å².